The van der Waals surface area contributed by atoms with Gasteiger partial charge in [-0.25, -0.2) is 0 Å². The number of fused-ring (bicyclic) bond motifs is 1. The highest BCUT2D eigenvalue weighted by Gasteiger charge is 2.14. The Morgan fingerprint density at radius 1 is 0.857 bits per heavy atom. The minimum atomic E-state index is -0.258. The molecule has 0 bridgehead atoms. The monoisotopic (exact) mass is 476 g/mol. The first-order valence-electron chi connectivity index (χ1n) is 13.1. The second-order valence-electron chi connectivity index (χ2n) is 9.42. The zero-order chi connectivity index (χ0) is 25.0. The van der Waals surface area contributed by atoms with Gasteiger partial charge in [0.1, 0.15) is 11.4 Å². The first kappa shape index (κ1) is 26.7. The van der Waals surface area contributed by atoms with Crippen molar-refractivity contribution in [1.29, 1.82) is 0 Å². The number of ether oxygens (including phenoxy) is 1. The largest absolute Gasteiger partial charge is 0.505 e. The van der Waals surface area contributed by atoms with Gasteiger partial charge in [-0.15, -0.1) is 5.11 Å². The lowest BCUT2D eigenvalue weighted by atomic mass is 9.93. The molecule has 0 aliphatic carbocycles. The standard InChI is InChI=1S/C30H40N2O3/c1-4-6-7-8-9-12-25(33)20-22(3)23-15-17-24(18-16-23)31-32-28-21-29(35-19-5-2)26-13-10-11-14-27(26)30(28)34/h10-11,13-18,21-22,25,33-34H,4-9,12,19-20H2,1-3H3. The number of aliphatic hydroxyl groups is 1. The number of azo groups is 1. The molecule has 0 aliphatic heterocycles. The van der Waals surface area contributed by atoms with Gasteiger partial charge in [0.25, 0.3) is 0 Å². The Labute approximate surface area is 209 Å². The third-order valence-electron chi connectivity index (χ3n) is 6.42. The number of hydrogen-bond donors (Lipinski definition) is 2. The quantitative estimate of drug-likeness (QED) is 0.180. The van der Waals surface area contributed by atoms with E-state index in [0.29, 0.717) is 29.1 Å². The lowest BCUT2D eigenvalue weighted by Crippen LogP contribution is -2.10. The lowest BCUT2D eigenvalue weighted by molar-refractivity contribution is 0.143. The van der Waals surface area contributed by atoms with Gasteiger partial charge in [0.2, 0.25) is 0 Å². The van der Waals surface area contributed by atoms with E-state index in [-0.39, 0.29) is 17.8 Å². The van der Waals surface area contributed by atoms with E-state index in [1.807, 2.05) is 48.5 Å². The number of rotatable bonds is 14. The lowest BCUT2D eigenvalue weighted by Gasteiger charge is -2.17. The van der Waals surface area contributed by atoms with Crippen molar-refractivity contribution < 1.29 is 14.9 Å². The zero-order valence-electron chi connectivity index (χ0n) is 21.4. The van der Waals surface area contributed by atoms with E-state index in [4.69, 9.17) is 4.74 Å². The molecule has 0 heterocycles. The van der Waals surface area contributed by atoms with Crippen LogP contribution >= 0.6 is 0 Å². The Bertz CT molecular complexity index is 1080. The Balaban J connectivity index is 1.64. The van der Waals surface area contributed by atoms with E-state index in [9.17, 15) is 10.2 Å². The smallest absolute Gasteiger partial charge is 0.151 e. The van der Waals surface area contributed by atoms with Gasteiger partial charge in [-0.1, -0.05) is 89.3 Å². The van der Waals surface area contributed by atoms with Crippen LogP contribution in [0.4, 0.5) is 11.4 Å². The molecule has 3 aromatic carbocycles. The molecule has 0 aliphatic rings. The van der Waals surface area contributed by atoms with E-state index < -0.39 is 0 Å². The maximum atomic E-state index is 10.7. The van der Waals surface area contributed by atoms with Crippen molar-refractivity contribution in [3.05, 3.63) is 60.2 Å². The van der Waals surface area contributed by atoms with Crippen molar-refractivity contribution in [3.8, 4) is 11.5 Å². The number of aromatic hydroxyl groups is 1. The van der Waals surface area contributed by atoms with E-state index in [1.165, 1.54) is 31.2 Å². The number of unbranched alkanes of at least 4 members (excludes halogenated alkanes) is 4. The molecular weight excluding hydrogens is 436 g/mol. The summed E-state index contributed by atoms with van der Waals surface area (Å²) in [5.41, 5.74) is 2.27. The highest BCUT2D eigenvalue weighted by Crippen LogP contribution is 2.41. The van der Waals surface area contributed by atoms with Crippen LogP contribution in [-0.2, 0) is 0 Å². The summed E-state index contributed by atoms with van der Waals surface area (Å²) in [7, 11) is 0. The molecule has 35 heavy (non-hydrogen) atoms. The third-order valence-corrected chi connectivity index (χ3v) is 6.42. The Kier molecular flexibility index (Phi) is 10.5. The van der Waals surface area contributed by atoms with Crippen LogP contribution < -0.4 is 4.74 Å². The van der Waals surface area contributed by atoms with Crippen LogP contribution in [0, 0.1) is 0 Å². The van der Waals surface area contributed by atoms with Crippen molar-refractivity contribution >= 4 is 22.1 Å². The second-order valence-corrected chi connectivity index (χ2v) is 9.42. The van der Waals surface area contributed by atoms with Gasteiger partial charge in [-0.3, -0.25) is 0 Å². The molecule has 2 N–H and O–H groups in total. The van der Waals surface area contributed by atoms with Crippen LogP contribution in [-0.4, -0.2) is 22.9 Å². The van der Waals surface area contributed by atoms with Gasteiger partial charge in [0.05, 0.1) is 18.4 Å². The normalized spacial score (nSPS) is 13.4. The molecule has 3 aromatic rings. The average Bonchev–Trinajstić information content (AvgIpc) is 2.88. The van der Waals surface area contributed by atoms with Crippen molar-refractivity contribution in [1.82, 2.24) is 0 Å². The number of nitrogens with zero attached hydrogens (tertiary/aromatic N) is 2. The third kappa shape index (κ3) is 7.79. The fourth-order valence-electron chi connectivity index (χ4n) is 4.35. The van der Waals surface area contributed by atoms with Crippen molar-refractivity contribution in [2.24, 2.45) is 10.2 Å². The van der Waals surface area contributed by atoms with Crippen LogP contribution in [0.25, 0.3) is 10.8 Å². The number of phenolic OH excluding ortho intramolecular Hbond substituents is 1. The van der Waals surface area contributed by atoms with Gasteiger partial charge in [0, 0.05) is 16.8 Å². The molecule has 0 saturated heterocycles. The molecule has 0 spiro atoms. The average molecular weight is 477 g/mol. The number of phenols is 1. The van der Waals surface area contributed by atoms with Gasteiger partial charge in [0.15, 0.2) is 5.75 Å². The van der Waals surface area contributed by atoms with Gasteiger partial charge >= 0.3 is 0 Å². The molecule has 188 valence electrons. The number of aliphatic hydroxyl groups excluding tert-OH is 1. The molecule has 2 unspecified atom stereocenters. The van der Waals surface area contributed by atoms with Crippen LogP contribution in [0.3, 0.4) is 0 Å². The maximum absolute atomic E-state index is 10.7. The van der Waals surface area contributed by atoms with Crippen LogP contribution in [0.15, 0.2) is 64.8 Å². The first-order chi connectivity index (χ1) is 17.0. The van der Waals surface area contributed by atoms with Crippen molar-refractivity contribution in [2.45, 2.75) is 84.2 Å². The van der Waals surface area contributed by atoms with Crippen molar-refractivity contribution in [3.63, 3.8) is 0 Å². The van der Waals surface area contributed by atoms with Crippen molar-refractivity contribution in [2.75, 3.05) is 6.61 Å². The zero-order valence-corrected chi connectivity index (χ0v) is 21.4. The van der Waals surface area contributed by atoms with Gasteiger partial charge in [-0.2, -0.15) is 5.11 Å². The molecule has 0 fully saturated rings. The van der Waals surface area contributed by atoms with Gasteiger partial charge < -0.3 is 14.9 Å². The molecule has 0 aromatic heterocycles. The summed E-state index contributed by atoms with van der Waals surface area (Å²) in [5.74, 6) is 1.07. The Hall–Kier alpha value is -2.92. The summed E-state index contributed by atoms with van der Waals surface area (Å²) in [4.78, 5) is 0. The Morgan fingerprint density at radius 2 is 1.57 bits per heavy atom. The summed E-state index contributed by atoms with van der Waals surface area (Å²) < 4.78 is 5.90. The highest BCUT2D eigenvalue weighted by molar-refractivity contribution is 5.97. The fraction of sp³-hybridized carbons (Fsp3) is 0.467. The summed E-state index contributed by atoms with van der Waals surface area (Å²) in [6.07, 6.45) is 8.37. The molecule has 0 radical (unpaired) electrons. The SMILES string of the molecule is CCCCCCCC(O)CC(C)c1ccc(N=Nc2cc(OCCC)c3ccccc3c2O)cc1. The molecule has 0 amide bonds. The highest BCUT2D eigenvalue weighted by atomic mass is 16.5. The molecule has 5 heteroatoms. The second kappa shape index (κ2) is 13.8. The Morgan fingerprint density at radius 3 is 2.29 bits per heavy atom. The molecule has 0 saturated carbocycles. The number of benzene rings is 3. The molecular formula is C30H40N2O3. The van der Waals surface area contributed by atoms with E-state index in [2.05, 4.69) is 31.0 Å². The predicted molar refractivity (Wildman–Crippen MR) is 144 cm³/mol. The molecule has 3 rings (SSSR count). The molecule has 2 atom stereocenters. The summed E-state index contributed by atoms with van der Waals surface area (Å²) in [6, 6.07) is 17.3. The van der Waals surface area contributed by atoms with E-state index >= 15 is 0 Å². The van der Waals surface area contributed by atoms with Crippen LogP contribution in [0.1, 0.15) is 83.6 Å². The number of hydrogen-bond acceptors (Lipinski definition) is 5. The topological polar surface area (TPSA) is 74.4 Å². The maximum Gasteiger partial charge on any atom is 0.151 e. The first-order valence-corrected chi connectivity index (χ1v) is 13.1. The summed E-state index contributed by atoms with van der Waals surface area (Å²) in [6.45, 7) is 7.03. The summed E-state index contributed by atoms with van der Waals surface area (Å²) in [5, 5.41) is 31.4. The molecule has 5 nitrogen and oxygen atoms in total. The minimum Gasteiger partial charge on any atom is -0.505 e. The predicted octanol–water partition coefficient (Wildman–Crippen LogP) is 8.96. The fourth-order valence-corrected chi connectivity index (χ4v) is 4.35. The minimum absolute atomic E-state index is 0.0992. The summed E-state index contributed by atoms with van der Waals surface area (Å²) >= 11 is 0. The van der Waals surface area contributed by atoms with E-state index in [0.717, 1.165) is 31.1 Å². The van der Waals surface area contributed by atoms with E-state index in [1.54, 1.807) is 6.07 Å². The van der Waals surface area contributed by atoms with Gasteiger partial charge in [-0.05, 0) is 42.9 Å². The van der Waals surface area contributed by atoms with Crippen LogP contribution in [0.5, 0.6) is 11.5 Å². The van der Waals surface area contributed by atoms with Crippen LogP contribution in [0.2, 0.25) is 0 Å².